The van der Waals surface area contributed by atoms with Crippen molar-refractivity contribution in [3.05, 3.63) is 83.7 Å². The molecule has 252 valence electrons. The van der Waals surface area contributed by atoms with Crippen molar-refractivity contribution in [1.29, 1.82) is 0 Å². The highest BCUT2D eigenvalue weighted by Gasteiger charge is 2.45. The molecule has 0 radical (unpaired) electrons. The minimum atomic E-state index is -1.89. The fourth-order valence-electron chi connectivity index (χ4n) is 5.97. The molecule has 2 amide bonds. The van der Waals surface area contributed by atoms with Gasteiger partial charge in [0.1, 0.15) is 17.0 Å². The fourth-order valence-corrected chi connectivity index (χ4v) is 5.97. The zero-order valence-corrected chi connectivity index (χ0v) is 27.8. The lowest BCUT2D eigenvalue weighted by atomic mass is 9.86. The third-order valence-corrected chi connectivity index (χ3v) is 8.38. The predicted molar refractivity (Wildman–Crippen MR) is 177 cm³/mol. The van der Waals surface area contributed by atoms with Crippen molar-refractivity contribution >= 4 is 34.5 Å². The van der Waals surface area contributed by atoms with Gasteiger partial charge in [-0.1, -0.05) is 54.6 Å². The molecule has 3 unspecified atom stereocenters. The second-order valence-corrected chi connectivity index (χ2v) is 13.0. The van der Waals surface area contributed by atoms with E-state index in [-0.39, 0.29) is 24.6 Å². The summed E-state index contributed by atoms with van der Waals surface area (Å²) in [5, 5.41) is 4.97. The van der Waals surface area contributed by atoms with Gasteiger partial charge in [0, 0.05) is 46.1 Å². The maximum absolute atomic E-state index is 14.1. The van der Waals surface area contributed by atoms with E-state index in [1.54, 1.807) is 32.7 Å². The summed E-state index contributed by atoms with van der Waals surface area (Å²) in [5.74, 6) is -2.34. The van der Waals surface area contributed by atoms with Gasteiger partial charge < -0.3 is 25.4 Å². The first kappa shape index (κ1) is 35.5. The molecule has 0 bridgehead atoms. The topological polar surface area (TPSA) is 131 Å². The first-order valence-corrected chi connectivity index (χ1v) is 15.8. The molecule has 0 aromatic heterocycles. The van der Waals surface area contributed by atoms with Crippen LogP contribution in [0.4, 0.5) is 4.39 Å². The Kier molecular flexibility index (Phi) is 11.4. The monoisotopic (exact) mass is 648 g/mol. The van der Waals surface area contributed by atoms with Crippen LogP contribution in [0, 0.1) is 5.82 Å². The van der Waals surface area contributed by atoms with Gasteiger partial charge in [0.25, 0.3) is 0 Å². The van der Waals surface area contributed by atoms with Crippen LogP contribution in [0.3, 0.4) is 0 Å². The Morgan fingerprint density at radius 3 is 2.32 bits per heavy atom. The molecule has 1 fully saturated rings. The van der Waals surface area contributed by atoms with Crippen LogP contribution in [0.25, 0.3) is 10.8 Å². The lowest BCUT2D eigenvalue weighted by Gasteiger charge is -2.45. The van der Waals surface area contributed by atoms with E-state index in [0.29, 0.717) is 25.9 Å². The van der Waals surface area contributed by atoms with Gasteiger partial charge >= 0.3 is 11.9 Å². The van der Waals surface area contributed by atoms with Crippen LogP contribution in [0.2, 0.25) is 0 Å². The number of carbonyl (C=O) groups is 4. The van der Waals surface area contributed by atoms with Crippen molar-refractivity contribution in [2.45, 2.75) is 70.2 Å². The number of benzene rings is 3. The van der Waals surface area contributed by atoms with Crippen molar-refractivity contribution in [3.8, 4) is 0 Å². The minimum Gasteiger partial charge on any atom is -0.466 e. The van der Waals surface area contributed by atoms with Crippen LogP contribution in [0.5, 0.6) is 0 Å². The largest absolute Gasteiger partial charge is 0.466 e. The summed E-state index contributed by atoms with van der Waals surface area (Å²) in [6.45, 7) is 7.40. The van der Waals surface area contributed by atoms with E-state index >= 15 is 0 Å². The number of hydrogen-bond donors (Lipinski definition) is 2. The molecule has 3 aromatic rings. The number of hydrogen-bond acceptors (Lipinski definition) is 8. The Labute approximate surface area is 275 Å². The number of piperazine rings is 1. The molecule has 0 aliphatic carbocycles. The standard InChI is InChI=1S/C36H45FN4O6/c1-24(42)46-19-16-30-23-40(31(33(44)39-5)21-25-10-11-26-8-6-7-9-27(26)20-25)17-18-41(30)32(43)22-36(38,34(45)47-35(2,3)4)28-12-14-29(37)15-13-28/h6-15,20,30-31H,16-19,21-23,38H2,1-5H3,(H,39,44). The molecule has 0 spiro atoms. The lowest BCUT2D eigenvalue weighted by Crippen LogP contribution is -2.61. The normalized spacial score (nSPS) is 17.4. The molecule has 47 heavy (non-hydrogen) atoms. The van der Waals surface area contributed by atoms with Crippen LogP contribution < -0.4 is 11.1 Å². The Hall–Kier alpha value is -4.35. The lowest BCUT2D eigenvalue weighted by molar-refractivity contribution is -0.165. The van der Waals surface area contributed by atoms with E-state index in [9.17, 15) is 23.6 Å². The number of ether oxygens (including phenoxy) is 2. The molecule has 3 atom stereocenters. The van der Waals surface area contributed by atoms with Crippen LogP contribution in [0.1, 0.15) is 51.7 Å². The van der Waals surface area contributed by atoms with Gasteiger partial charge in [-0.25, -0.2) is 9.18 Å². The average molecular weight is 649 g/mol. The summed E-state index contributed by atoms with van der Waals surface area (Å²) in [6.07, 6.45) is 0.316. The highest BCUT2D eigenvalue weighted by molar-refractivity contribution is 5.90. The maximum Gasteiger partial charge on any atom is 0.331 e. The first-order valence-electron chi connectivity index (χ1n) is 15.8. The molecule has 1 saturated heterocycles. The molecule has 1 aliphatic heterocycles. The number of likely N-dealkylation sites (N-methyl/N-ethyl adjacent to an activating group) is 1. The van der Waals surface area contributed by atoms with E-state index in [1.165, 1.54) is 31.2 Å². The van der Waals surface area contributed by atoms with Crippen molar-refractivity contribution in [1.82, 2.24) is 15.1 Å². The van der Waals surface area contributed by atoms with Crippen LogP contribution >= 0.6 is 0 Å². The predicted octanol–water partition coefficient (Wildman–Crippen LogP) is 3.69. The fraction of sp³-hybridized carbons (Fsp3) is 0.444. The zero-order valence-electron chi connectivity index (χ0n) is 27.8. The number of fused-ring (bicyclic) bond motifs is 1. The number of rotatable bonds is 11. The van der Waals surface area contributed by atoms with Crippen LogP contribution in [0.15, 0.2) is 66.7 Å². The molecule has 1 heterocycles. The van der Waals surface area contributed by atoms with E-state index in [4.69, 9.17) is 15.2 Å². The molecular weight excluding hydrogens is 603 g/mol. The van der Waals surface area contributed by atoms with E-state index in [1.807, 2.05) is 41.3 Å². The average Bonchev–Trinajstić information content (AvgIpc) is 3.02. The number of halogens is 1. The molecule has 4 rings (SSSR count). The minimum absolute atomic E-state index is 0.0602. The molecule has 3 N–H and O–H groups in total. The smallest absolute Gasteiger partial charge is 0.331 e. The summed E-state index contributed by atoms with van der Waals surface area (Å²) in [7, 11) is 1.60. The van der Waals surface area contributed by atoms with Gasteiger partial charge in [-0.2, -0.15) is 0 Å². The van der Waals surface area contributed by atoms with Crippen LogP contribution in [-0.4, -0.2) is 84.5 Å². The number of esters is 2. The molecule has 10 nitrogen and oxygen atoms in total. The Morgan fingerprint density at radius 1 is 1.00 bits per heavy atom. The van der Waals surface area contributed by atoms with Gasteiger partial charge in [-0.15, -0.1) is 0 Å². The quantitative estimate of drug-likeness (QED) is 0.301. The van der Waals surface area contributed by atoms with E-state index < -0.39 is 53.3 Å². The zero-order chi connectivity index (χ0) is 34.4. The third-order valence-electron chi connectivity index (χ3n) is 8.38. The highest BCUT2D eigenvalue weighted by atomic mass is 19.1. The van der Waals surface area contributed by atoms with Crippen LogP contribution in [-0.2, 0) is 40.6 Å². The van der Waals surface area contributed by atoms with E-state index in [0.717, 1.165) is 16.3 Å². The summed E-state index contributed by atoms with van der Waals surface area (Å²) < 4.78 is 24.7. The van der Waals surface area contributed by atoms with Gasteiger partial charge in [0.05, 0.1) is 19.1 Å². The summed E-state index contributed by atoms with van der Waals surface area (Å²) in [6, 6.07) is 18.3. The second kappa shape index (κ2) is 15.0. The number of nitrogens with one attached hydrogen (secondary N) is 1. The van der Waals surface area contributed by atoms with Gasteiger partial charge in [-0.3, -0.25) is 19.3 Å². The van der Waals surface area contributed by atoms with Gasteiger partial charge in [-0.05, 0) is 61.2 Å². The van der Waals surface area contributed by atoms with Crippen molar-refractivity contribution in [3.63, 3.8) is 0 Å². The van der Waals surface area contributed by atoms with Crippen molar-refractivity contribution in [2.24, 2.45) is 5.73 Å². The van der Waals surface area contributed by atoms with Gasteiger partial charge in [0.2, 0.25) is 11.8 Å². The van der Waals surface area contributed by atoms with Gasteiger partial charge in [0.15, 0.2) is 0 Å². The maximum atomic E-state index is 14.1. The molecule has 3 aromatic carbocycles. The SMILES string of the molecule is CNC(=O)C(Cc1ccc2ccccc2c1)N1CCN(C(=O)CC(N)(C(=O)OC(C)(C)C)c2ccc(F)cc2)C(CCOC(C)=O)C1. The first-order chi connectivity index (χ1) is 22.2. The number of nitrogens with zero attached hydrogens (tertiary/aromatic N) is 2. The summed E-state index contributed by atoms with van der Waals surface area (Å²) >= 11 is 0. The number of amides is 2. The molecule has 1 aliphatic rings. The highest BCUT2D eigenvalue weighted by Crippen LogP contribution is 2.30. The molecule has 0 saturated carbocycles. The second-order valence-electron chi connectivity index (χ2n) is 13.0. The Balaban J connectivity index is 1.60. The Bertz CT molecular complexity index is 1590. The number of carbonyl (C=O) groups excluding carboxylic acids is 4. The molecule has 11 heteroatoms. The number of nitrogens with two attached hydrogens (primary N) is 1. The third kappa shape index (κ3) is 9.14. The van der Waals surface area contributed by atoms with E-state index in [2.05, 4.69) is 11.4 Å². The Morgan fingerprint density at radius 2 is 1.68 bits per heavy atom. The summed E-state index contributed by atoms with van der Waals surface area (Å²) in [4.78, 5) is 56.1. The van der Waals surface area contributed by atoms with Crippen molar-refractivity contribution < 1.29 is 33.0 Å². The van der Waals surface area contributed by atoms with Crippen molar-refractivity contribution in [2.75, 3.05) is 33.3 Å². The summed E-state index contributed by atoms with van der Waals surface area (Å²) in [5.41, 5.74) is 5.16. The molecular formula is C36H45FN4O6.